The second-order valence-corrected chi connectivity index (χ2v) is 7.27. The number of halogens is 3. The van der Waals surface area contributed by atoms with Crippen LogP contribution < -0.4 is 4.74 Å². The smallest absolute Gasteiger partial charge is 0.475 e. The highest BCUT2D eigenvalue weighted by Gasteiger charge is 2.48. The van der Waals surface area contributed by atoms with E-state index in [0.29, 0.717) is 5.88 Å². The molecule has 2 aliphatic heterocycles. The average molecular weight is 429 g/mol. The number of furan rings is 1. The molecule has 1 spiro atoms. The van der Waals surface area contributed by atoms with Crippen LogP contribution in [0.4, 0.5) is 13.2 Å². The number of hydrogen-bond donors (Lipinski definition) is 1. The summed E-state index contributed by atoms with van der Waals surface area (Å²) in [6.45, 7) is 5.40. The second-order valence-electron chi connectivity index (χ2n) is 7.27. The van der Waals surface area contributed by atoms with Gasteiger partial charge in [0.2, 0.25) is 5.88 Å². The Morgan fingerprint density at radius 1 is 1.37 bits per heavy atom. The normalized spacial score (nSPS) is 20.7. The highest BCUT2D eigenvalue weighted by atomic mass is 19.4. The number of ether oxygens (including phenoxy) is 2. The molecule has 8 nitrogen and oxygen atoms in total. The third-order valence-electron chi connectivity index (χ3n) is 4.72. The molecule has 2 saturated heterocycles. The van der Waals surface area contributed by atoms with Crippen molar-refractivity contribution in [3.63, 3.8) is 0 Å². The van der Waals surface area contributed by atoms with E-state index in [1.54, 1.807) is 18.6 Å². The molecular weight excluding hydrogens is 407 g/mol. The standard InChI is InChI=1S/C17H21N3O3.C2HF3O2/c1-13-2-3-15(22-13)10-20-11-17(12-20)8-14(4-7-21-17)23-16-9-18-5-6-19-16;3-2(4,5)1(6)7/h2-3,5-6,9,14H,4,7-8,10-12H2,1H3;(H,6,7). The van der Waals surface area contributed by atoms with Crippen molar-refractivity contribution in [2.45, 2.75) is 44.2 Å². The van der Waals surface area contributed by atoms with Crippen molar-refractivity contribution in [2.24, 2.45) is 0 Å². The number of aliphatic carboxylic acids is 1. The number of aryl methyl sites for hydroxylation is 1. The number of alkyl halides is 3. The molecule has 1 unspecified atom stereocenters. The van der Waals surface area contributed by atoms with Crippen molar-refractivity contribution in [3.8, 4) is 5.88 Å². The summed E-state index contributed by atoms with van der Waals surface area (Å²) >= 11 is 0. The van der Waals surface area contributed by atoms with Gasteiger partial charge in [-0.25, -0.2) is 9.78 Å². The van der Waals surface area contributed by atoms with Gasteiger partial charge in [0.1, 0.15) is 17.6 Å². The Morgan fingerprint density at radius 2 is 2.10 bits per heavy atom. The average Bonchev–Trinajstić information content (AvgIpc) is 3.06. The molecule has 0 amide bonds. The van der Waals surface area contributed by atoms with Crippen LogP contribution in [0.3, 0.4) is 0 Å². The molecule has 4 heterocycles. The fraction of sp³-hybridized carbons (Fsp3) is 0.526. The first kappa shape index (κ1) is 22.0. The fourth-order valence-corrected chi connectivity index (χ4v) is 3.49. The monoisotopic (exact) mass is 429 g/mol. The number of rotatable bonds is 4. The van der Waals surface area contributed by atoms with E-state index in [1.807, 2.05) is 19.1 Å². The van der Waals surface area contributed by atoms with Gasteiger partial charge in [0.05, 0.1) is 24.9 Å². The molecule has 2 aromatic rings. The first-order chi connectivity index (χ1) is 14.2. The zero-order valence-corrected chi connectivity index (χ0v) is 16.3. The van der Waals surface area contributed by atoms with E-state index >= 15 is 0 Å². The van der Waals surface area contributed by atoms with Gasteiger partial charge in [-0.2, -0.15) is 13.2 Å². The van der Waals surface area contributed by atoms with Gasteiger partial charge in [-0.05, 0) is 19.1 Å². The molecule has 4 rings (SSSR count). The van der Waals surface area contributed by atoms with Crippen LogP contribution in [0.2, 0.25) is 0 Å². The maximum absolute atomic E-state index is 10.6. The predicted octanol–water partition coefficient (Wildman–Crippen LogP) is 2.82. The number of carboxylic acid groups (broad SMARTS) is 1. The highest BCUT2D eigenvalue weighted by molar-refractivity contribution is 5.73. The van der Waals surface area contributed by atoms with E-state index in [-0.39, 0.29) is 11.7 Å². The largest absolute Gasteiger partial charge is 0.490 e. The topological polar surface area (TPSA) is 97.9 Å². The first-order valence-electron chi connectivity index (χ1n) is 9.30. The number of carboxylic acids is 1. The second kappa shape index (κ2) is 9.00. The molecule has 0 saturated carbocycles. The molecule has 1 N–H and O–H groups in total. The Morgan fingerprint density at radius 3 is 2.67 bits per heavy atom. The van der Waals surface area contributed by atoms with Crippen molar-refractivity contribution in [3.05, 3.63) is 42.2 Å². The number of hydrogen-bond acceptors (Lipinski definition) is 7. The Balaban J connectivity index is 0.000000318. The first-order valence-corrected chi connectivity index (χ1v) is 9.30. The van der Waals surface area contributed by atoms with Gasteiger partial charge in [0.15, 0.2) is 0 Å². The minimum atomic E-state index is -5.08. The van der Waals surface area contributed by atoms with Crippen LogP contribution in [-0.4, -0.2) is 63.5 Å². The van der Waals surface area contributed by atoms with Crippen LogP contribution in [0.25, 0.3) is 0 Å². The van der Waals surface area contributed by atoms with E-state index < -0.39 is 12.1 Å². The summed E-state index contributed by atoms with van der Waals surface area (Å²) in [5, 5.41) is 7.12. The molecule has 2 aliphatic rings. The van der Waals surface area contributed by atoms with Gasteiger partial charge in [0, 0.05) is 38.3 Å². The van der Waals surface area contributed by atoms with Crippen molar-refractivity contribution < 1.29 is 37.0 Å². The number of carbonyl (C=O) groups is 1. The van der Waals surface area contributed by atoms with Crippen molar-refractivity contribution in [1.29, 1.82) is 0 Å². The van der Waals surface area contributed by atoms with E-state index in [0.717, 1.165) is 50.6 Å². The van der Waals surface area contributed by atoms with Gasteiger partial charge in [-0.1, -0.05) is 0 Å². The Kier molecular flexibility index (Phi) is 6.61. The van der Waals surface area contributed by atoms with Crippen LogP contribution in [0, 0.1) is 6.92 Å². The Labute approximate surface area is 170 Å². The van der Waals surface area contributed by atoms with Crippen LogP contribution in [-0.2, 0) is 16.1 Å². The van der Waals surface area contributed by atoms with E-state index in [9.17, 15) is 13.2 Å². The maximum Gasteiger partial charge on any atom is 0.490 e. The van der Waals surface area contributed by atoms with Gasteiger partial charge >= 0.3 is 12.1 Å². The zero-order valence-electron chi connectivity index (χ0n) is 16.3. The zero-order chi connectivity index (χ0) is 21.8. The predicted molar refractivity (Wildman–Crippen MR) is 96.8 cm³/mol. The lowest BCUT2D eigenvalue weighted by Crippen LogP contribution is -2.65. The lowest BCUT2D eigenvalue weighted by Gasteiger charge is -2.52. The van der Waals surface area contributed by atoms with Gasteiger partial charge in [-0.3, -0.25) is 9.88 Å². The molecular formula is C19H22F3N3O5. The summed E-state index contributed by atoms with van der Waals surface area (Å²) in [5.74, 6) is -0.189. The molecule has 1 atom stereocenters. The summed E-state index contributed by atoms with van der Waals surface area (Å²) in [5.41, 5.74) is -0.0766. The third-order valence-corrected chi connectivity index (χ3v) is 4.72. The van der Waals surface area contributed by atoms with Crippen LogP contribution in [0.5, 0.6) is 5.88 Å². The maximum atomic E-state index is 10.6. The van der Waals surface area contributed by atoms with Gasteiger partial charge < -0.3 is 19.0 Å². The molecule has 0 aliphatic carbocycles. The molecule has 164 valence electrons. The lowest BCUT2D eigenvalue weighted by atomic mass is 9.84. The summed E-state index contributed by atoms with van der Waals surface area (Å²) < 4.78 is 49.4. The van der Waals surface area contributed by atoms with Gasteiger partial charge in [-0.15, -0.1) is 0 Å². The SMILES string of the molecule is Cc1ccc(CN2CC3(CC(Oc4cnccn4)CCO3)C2)o1.O=C(O)C(F)(F)F. The molecule has 30 heavy (non-hydrogen) atoms. The number of likely N-dealkylation sites (tertiary alicyclic amines) is 1. The van der Waals surface area contributed by atoms with Crippen LogP contribution >= 0.6 is 0 Å². The van der Waals surface area contributed by atoms with E-state index in [2.05, 4.69) is 14.9 Å². The molecule has 0 aromatic carbocycles. The molecule has 0 bridgehead atoms. The summed E-state index contributed by atoms with van der Waals surface area (Å²) in [7, 11) is 0. The molecule has 0 radical (unpaired) electrons. The summed E-state index contributed by atoms with van der Waals surface area (Å²) in [4.78, 5) is 19.5. The minimum absolute atomic E-state index is 0.0766. The quantitative estimate of drug-likeness (QED) is 0.793. The van der Waals surface area contributed by atoms with Crippen molar-refractivity contribution in [1.82, 2.24) is 14.9 Å². The fourth-order valence-electron chi connectivity index (χ4n) is 3.49. The third kappa shape index (κ3) is 5.92. The van der Waals surface area contributed by atoms with Crippen LogP contribution in [0.15, 0.2) is 35.1 Å². The highest BCUT2D eigenvalue weighted by Crippen LogP contribution is 2.36. The van der Waals surface area contributed by atoms with E-state index in [1.165, 1.54) is 0 Å². The Hall–Kier alpha value is -2.66. The van der Waals surface area contributed by atoms with Crippen LogP contribution in [0.1, 0.15) is 24.4 Å². The molecule has 2 aromatic heterocycles. The lowest BCUT2D eigenvalue weighted by molar-refractivity contribution is -0.192. The summed E-state index contributed by atoms with van der Waals surface area (Å²) in [6.07, 6.45) is 1.83. The summed E-state index contributed by atoms with van der Waals surface area (Å²) in [6, 6.07) is 4.05. The van der Waals surface area contributed by atoms with Gasteiger partial charge in [0.25, 0.3) is 0 Å². The number of nitrogens with zero attached hydrogens (tertiary/aromatic N) is 3. The molecule has 2 fully saturated rings. The van der Waals surface area contributed by atoms with Crippen molar-refractivity contribution >= 4 is 5.97 Å². The Bertz CT molecular complexity index is 837. The minimum Gasteiger partial charge on any atom is -0.475 e. The molecule has 11 heteroatoms. The van der Waals surface area contributed by atoms with Crippen molar-refractivity contribution in [2.75, 3.05) is 19.7 Å². The number of aromatic nitrogens is 2. The van der Waals surface area contributed by atoms with E-state index in [4.69, 9.17) is 23.8 Å².